The molecule has 1 aliphatic rings. The molecule has 0 heterocycles. The van der Waals surface area contributed by atoms with Crippen LogP contribution in [-0.2, 0) is 9.59 Å². The molecule has 0 aromatic carbocycles. The molecular weight excluding hydrogens is 267 g/mol. The van der Waals surface area contributed by atoms with Crippen LogP contribution in [0.5, 0.6) is 0 Å². The number of hydrogen-bond donors (Lipinski definition) is 3. The van der Waals surface area contributed by atoms with Gasteiger partial charge in [-0.05, 0) is 25.7 Å². The van der Waals surface area contributed by atoms with Crippen LogP contribution in [0.4, 0.5) is 13.2 Å². The number of carboxylic acids is 1. The van der Waals surface area contributed by atoms with Crippen molar-refractivity contribution in [1.82, 2.24) is 5.32 Å². The van der Waals surface area contributed by atoms with E-state index in [-0.39, 0.29) is 25.7 Å². The van der Waals surface area contributed by atoms with Gasteiger partial charge < -0.3 is 15.5 Å². The first-order valence-corrected chi connectivity index (χ1v) is 5.96. The van der Waals surface area contributed by atoms with E-state index < -0.39 is 42.5 Å². The molecule has 1 aliphatic carbocycles. The van der Waals surface area contributed by atoms with Crippen LogP contribution in [0.25, 0.3) is 0 Å². The van der Waals surface area contributed by atoms with E-state index >= 15 is 0 Å². The van der Waals surface area contributed by atoms with Gasteiger partial charge in [-0.2, -0.15) is 13.2 Å². The topological polar surface area (TPSA) is 86.6 Å². The highest BCUT2D eigenvalue weighted by molar-refractivity contribution is 5.85. The van der Waals surface area contributed by atoms with Gasteiger partial charge in [-0.3, -0.25) is 4.79 Å². The van der Waals surface area contributed by atoms with Crippen LogP contribution >= 0.6 is 0 Å². The van der Waals surface area contributed by atoms with Crippen LogP contribution < -0.4 is 5.32 Å². The summed E-state index contributed by atoms with van der Waals surface area (Å²) in [6, 6.07) is -1.41. The number of amides is 1. The molecule has 1 saturated carbocycles. The highest BCUT2D eigenvalue weighted by Gasteiger charge is 2.42. The van der Waals surface area contributed by atoms with Crippen molar-refractivity contribution in [1.29, 1.82) is 0 Å². The predicted molar refractivity (Wildman–Crippen MR) is 58.2 cm³/mol. The molecule has 1 rings (SSSR count). The van der Waals surface area contributed by atoms with Crippen LogP contribution in [0.15, 0.2) is 0 Å². The third kappa shape index (κ3) is 4.38. The molecule has 1 unspecified atom stereocenters. The van der Waals surface area contributed by atoms with Gasteiger partial charge >= 0.3 is 12.1 Å². The Morgan fingerprint density at radius 2 is 1.74 bits per heavy atom. The molecule has 1 fully saturated rings. The Hall–Kier alpha value is -1.31. The lowest BCUT2D eigenvalue weighted by molar-refractivity contribution is -0.184. The molecule has 1 amide bonds. The van der Waals surface area contributed by atoms with Crippen LogP contribution in [0.3, 0.4) is 0 Å². The quantitative estimate of drug-likeness (QED) is 0.716. The number of rotatable bonds is 4. The molecule has 1 atom stereocenters. The summed E-state index contributed by atoms with van der Waals surface area (Å²) < 4.78 is 37.3. The van der Waals surface area contributed by atoms with Gasteiger partial charge in [0.2, 0.25) is 5.91 Å². The molecule has 3 N–H and O–H groups in total. The summed E-state index contributed by atoms with van der Waals surface area (Å²) in [4.78, 5) is 22.3. The fourth-order valence-electron chi connectivity index (χ4n) is 2.16. The number of aliphatic hydroxyl groups is 1. The molecule has 0 aromatic rings. The van der Waals surface area contributed by atoms with E-state index in [1.54, 1.807) is 0 Å². The Labute approximate surface area is 107 Å². The first kappa shape index (κ1) is 15.7. The molecule has 5 nitrogen and oxygen atoms in total. The Balaban J connectivity index is 2.47. The number of aliphatic hydroxyl groups excluding tert-OH is 1. The molecular formula is C11H16F3NO4. The average Bonchev–Trinajstić information content (AvgIpc) is 2.34. The minimum Gasteiger partial charge on any atom is -0.480 e. The van der Waals surface area contributed by atoms with Crippen molar-refractivity contribution in [2.75, 3.05) is 6.61 Å². The number of alkyl halides is 3. The highest BCUT2D eigenvalue weighted by atomic mass is 19.4. The maximum atomic E-state index is 12.4. The second-order valence-electron chi connectivity index (χ2n) is 4.67. The molecule has 0 spiro atoms. The van der Waals surface area contributed by atoms with Crippen molar-refractivity contribution in [3.63, 3.8) is 0 Å². The lowest BCUT2D eigenvalue weighted by Gasteiger charge is -2.29. The third-order valence-electron chi connectivity index (χ3n) is 3.36. The molecule has 0 aliphatic heterocycles. The summed E-state index contributed by atoms with van der Waals surface area (Å²) in [7, 11) is 0. The molecule has 19 heavy (non-hydrogen) atoms. The fourth-order valence-corrected chi connectivity index (χ4v) is 2.16. The number of halogens is 3. The van der Waals surface area contributed by atoms with E-state index in [0.717, 1.165) is 0 Å². The summed E-state index contributed by atoms with van der Waals surface area (Å²) in [5.74, 6) is -3.99. The van der Waals surface area contributed by atoms with Gasteiger partial charge in [0, 0.05) is 5.92 Å². The first-order valence-electron chi connectivity index (χ1n) is 5.96. The van der Waals surface area contributed by atoms with E-state index in [9.17, 15) is 22.8 Å². The summed E-state index contributed by atoms with van der Waals surface area (Å²) in [5, 5.41) is 19.5. The average molecular weight is 283 g/mol. The Bertz CT molecular complexity index is 337. The van der Waals surface area contributed by atoms with Gasteiger partial charge in [0.25, 0.3) is 0 Å². The van der Waals surface area contributed by atoms with Crippen molar-refractivity contribution < 1.29 is 33.0 Å². The van der Waals surface area contributed by atoms with Gasteiger partial charge in [0.15, 0.2) is 0 Å². The lowest BCUT2D eigenvalue weighted by atomic mass is 9.81. The second kappa shape index (κ2) is 6.23. The van der Waals surface area contributed by atoms with Crippen molar-refractivity contribution in [3.8, 4) is 0 Å². The maximum absolute atomic E-state index is 12.4. The fraction of sp³-hybridized carbons (Fsp3) is 0.818. The van der Waals surface area contributed by atoms with Crippen molar-refractivity contribution in [2.45, 2.75) is 37.9 Å². The largest absolute Gasteiger partial charge is 0.480 e. The molecule has 0 bridgehead atoms. The predicted octanol–water partition coefficient (Wildman–Crippen LogP) is 0.917. The van der Waals surface area contributed by atoms with Crippen LogP contribution in [0, 0.1) is 11.8 Å². The van der Waals surface area contributed by atoms with Crippen molar-refractivity contribution >= 4 is 11.9 Å². The molecule has 110 valence electrons. The number of carbonyl (C=O) groups is 2. The summed E-state index contributed by atoms with van der Waals surface area (Å²) in [5.41, 5.74) is 0. The smallest absolute Gasteiger partial charge is 0.391 e. The van der Waals surface area contributed by atoms with E-state index in [4.69, 9.17) is 10.2 Å². The minimum atomic E-state index is -4.24. The second-order valence-corrected chi connectivity index (χ2v) is 4.67. The zero-order chi connectivity index (χ0) is 14.6. The van der Waals surface area contributed by atoms with Gasteiger partial charge in [0.05, 0.1) is 12.5 Å². The Morgan fingerprint density at radius 3 is 2.11 bits per heavy atom. The van der Waals surface area contributed by atoms with E-state index in [1.807, 2.05) is 0 Å². The Morgan fingerprint density at radius 1 is 1.21 bits per heavy atom. The lowest BCUT2D eigenvalue weighted by Crippen LogP contribution is -2.46. The maximum Gasteiger partial charge on any atom is 0.391 e. The van der Waals surface area contributed by atoms with Crippen LogP contribution in [0.1, 0.15) is 25.7 Å². The van der Waals surface area contributed by atoms with Gasteiger partial charge in [0.1, 0.15) is 6.04 Å². The SMILES string of the molecule is O=C(NC(CO)C(=O)O)C1CCC(C(F)(F)F)CC1. The van der Waals surface area contributed by atoms with Gasteiger partial charge in [-0.1, -0.05) is 0 Å². The number of aliphatic carboxylic acids is 1. The summed E-state index contributed by atoms with van der Waals surface area (Å²) in [6.07, 6.45) is -4.34. The zero-order valence-corrected chi connectivity index (χ0v) is 10.1. The van der Waals surface area contributed by atoms with Gasteiger partial charge in [-0.15, -0.1) is 0 Å². The normalized spacial score (nSPS) is 25.7. The minimum absolute atomic E-state index is 0.0772. The van der Waals surface area contributed by atoms with Crippen molar-refractivity contribution in [3.05, 3.63) is 0 Å². The highest BCUT2D eigenvalue weighted by Crippen LogP contribution is 2.39. The van der Waals surface area contributed by atoms with Crippen LogP contribution in [0.2, 0.25) is 0 Å². The third-order valence-corrected chi connectivity index (χ3v) is 3.36. The van der Waals surface area contributed by atoms with Crippen molar-refractivity contribution in [2.24, 2.45) is 11.8 Å². The van der Waals surface area contributed by atoms with E-state index in [1.165, 1.54) is 0 Å². The molecule has 0 saturated heterocycles. The molecule has 8 heteroatoms. The summed E-state index contributed by atoms with van der Waals surface area (Å²) >= 11 is 0. The van der Waals surface area contributed by atoms with E-state index in [2.05, 4.69) is 5.32 Å². The summed E-state index contributed by atoms with van der Waals surface area (Å²) in [6.45, 7) is -0.751. The number of carbonyl (C=O) groups excluding carboxylic acids is 1. The zero-order valence-electron chi connectivity index (χ0n) is 10.1. The molecule has 0 radical (unpaired) electrons. The Kier molecular flexibility index (Phi) is 5.16. The van der Waals surface area contributed by atoms with Crippen LogP contribution in [-0.4, -0.2) is 40.9 Å². The number of carboxylic acid groups (broad SMARTS) is 1. The van der Waals surface area contributed by atoms with E-state index in [0.29, 0.717) is 0 Å². The number of nitrogens with one attached hydrogen (secondary N) is 1. The number of hydrogen-bond acceptors (Lipinski definition) is 3. The van der Waals surface area contributed by atoms with Gasteiger partial charge in [-0.25, -0.2) is 4.79 Å². The standard InChI is InChI=1S/C11H16F3NO4/c12-11(13,14)7-3-1-6(2-4-7)9(17)15-8(5-16)10(18)19/h6-8,16H,1-5H2,(H,15,17)(H,18,19). The monoisotopic (exact) mass is 283 g/mol. The first-order chi connectivity index (χ1) is 8.75. The molecule has 0 aromatic heterocycles.